The Balaban J connectivity index is 0.00000544. The molecule has 0 spiro atoms. The van der Waals surface area contributed by atoms with E-state index in [1.165, 1.54) is 31.7 Å². The van der Waals surface area contributed by atoms with Gasteiger partial charge < -0.3 is 29.9 Å². The number of hydrogen-bond donors (Lipinski definition) is 2. The summed E-state index contributed by atoms with van der Waals surface area (Å²) in [4.78, 5) is 9.94. The van der Waals surface area contributed by atoms with Crippen LogP contribution in [0.25, 0.3) is 0 Å². The van der Waals surface area contributed by atoms with Gasteiger partial charge in [-0.2, -0.15) is 0 Å². The summed E-state index contributed by atoms with van der Waals surface area (Å²) in [5.74, 6) is 3.08. The Labute approximate surface area is 218 Å². The van der Waals surface area contributed by atoms with Gasteiger partial charge in [0.1, 0.15) is 0 Å². The Kier molecular flexibility index (Phi) is 15.5. The number of halogens is 1. The minimum Gasteiger partial charge on any atom is -0.493 e. The van der Waals surface area contributed by atoms with Crippen molar-refractivity contribution in [3.8, 4) is 11.5 Å². The van der Waals surface area contributed by atoms with Gasteiger partial charge in [-0.1, -0.05) is 19.9 Å². The van der Waals surface area contributed by atoms with E-state index in [1.807, 2.05) is 13.0 Å². The summed E-state index contributed by atoms with van der Waals surface area (Å²) in [5, 5.41) is 6.87. The van der Waals surface area contributed by atoms with Crippen LogP contribution in [0.4, 0.5) is 0 Å². The second-order valence-electron chi connectivity index (χ2n) is 8.51. The Bertz CT molecular complexity index is 681. The number of piperazine rings is 1. The number of aliphatic imine (C=N–C) groups is 1. The van der Waals surface area contributed by atoms with Gasteiger partial charge in [0.2, 0.25) is 0 Å². The maximum Gasteiger partial charge on any atom is 0.191 e. The number of methoxy groups -OCH3 is 1. The van der Waals surface area contributed by atoms with E-state index in [9.17, 15) is 0 Å². The molecule has 1 aromatic carbocycles. The Morgan fingerprint density at radius 1 is 1.06 bits per heavy atom. The molecule has 190 valence electrons. The summed E-state index contributed by atoms with van der Waals surface area (Å²) in [5.41, 5.74) is 1.26. The lowest BCUT2D eigenvalue weighted by molar-refractivity contribution is 0.125. The van der Waals surface area contributed by atoms with Crippen LogP contribution in [0, 0.1) is 5.92 Å². The summed E-state index contributed by atoms with van der Waals surface area (Å²) in [6.45, 7) is 18.9. The van der Waals surface area contributed by atoms with Crippen LogP contribution in [0.15, 0.2) is 23.2 Å². The average molecular weight is 576 g/mol. The number of nitrogens with zero attached hydrogens (tertiary/aromatic N) is 3. The van der Waals surface area contributed by atoms with Crippen molar-refractivity contribution in [1.29, 1.82) is 0 Å². The zero-order chi connectivity index (χ0) is 23.2. The molecule has 0 amide bonds. The lowest BCUT2D eigenvalue weighted by atomic mass is 10.1. The molecule has 1 fully saturated rings. The molecule has 33 heavy (non-hydrogen) atoms. The molecule has 7 nitrogen and oxygen atoms in total. The fourth-order valence-corrected chi connectivity index (χ4v) is 4.02. The maximum absolute atomic E-state index is 5.69. The standard InChI is InChI=1S/C25H45N5O2.HI/c1-6-26-25(28-19-21(4)20-30-16-14-29(7-2)15-17-30)27-13-9-10-22-11-12-23(31-5)24(18-22)32-8-3;/h11-12,18,21H,6-10,13-17,19-20H2,1-5H3,(H2,26,27,28);1H. The van der Waals surface area contributed by atoms with Crippen molar-refractivity contribution in [2.75, 3.05) is 72.6 Å². The first-order valence-corrected chi connectivity index (χ1v) is 12.4. The second-order valence-corrected chi connectivity index (χ2v) is 8.51. The highest BCUT2D eigenvalue weighted by Crippen LogP contribution is 2.28. The molecule has 1 unspecified atom stereocenters. The molecular formula is C25H46IN5O2. The van der Waals surface area contributed by atoms with E-state index >= 15 is 0 Å². The summed E-state index contributed by atoms with van der Waals surface area (Å²) in [6, 6.07) is 6.19. The zero-order valence-corrected chi connectivity index (χ0v) is 23.7. The van der Waals surface area contributed by atoms with Gasteiger partial charge in [-0.25, -0.2) is 0 Å². The molecule has 0 bridgehead atoms. The van der Waals surface area contributed by atoms with Gasteiger partial charge in [0.25, 0.3) is 0 Å². The first-order valence-electron chi connectivity index (χ1n) is 12.4. The van der Waals surface area contributed by atoms with Gasteiger partial charge in [-0.05, 0) is 56.8 Å². The van der Waals surface area contributed by atoms with Gasteiger partial charge in [-0.15, -0.1) is 24.0 Å². The van der Waals surface area contributed by atoms with Crippen LogP contribution in [0.1, 0.15) is 39.7 Å². The zero-order valence-electron chi connectivity index (χ0n) is 21.4. The van der Waals surface area contributed by atoms with E-state index in [4.69, 9.17) is 14.5 Å². The van der Waals surface area contributed by atoms with Crippen molar-refractivity contribution in [3.05, 3.63) is 23.8 Å². The smallest absolute Gasteiger partial charge is 0.191 e. The maximum atomic E-state index is 5.69. The van der Waals surface area contributed by atoms with E-state index in [0.29, 0.717) is 12.5 Å². The molecule has 1 saturated heterocycles. The van der Waals surface area contributed by atoms with Crippen LogP contribution < -0.4 is 20.1 Å². The molecule has 0 aromatic heterocycles. The minimum atomic E-state index is 0. The molecule has 1 aliphatic rings. The fourth-order valence-electron chi connectivity index (χ4n) is 4.02. The van der Waals surface area contributed by atoms with Crippen molar-refractivity contribution in [1.82, 2.24) is 20.4 Å². The molecule has 0 radical (unpaired) electrons. The molecule has 1 heterocycles. The number of guanidine groups is 1. The summed E-state index contributed by atoms with van der Waals surface area (Å²) >= 11 is 0. The summed E-state index contributed by atoms with van der Waals surface area (Å²) < 4.78 is 11.1. The monoisotopic (exact) mass is 575 g/mol. The number of ether oxygens (including phenoxy) is 2. The molecular weight excluding hydrogens is 529 g/mol. The van der Waals surface area contributed by atoms with E-state index in [1.54, 1.807) is 7.11 Å². The van der Waals surface area contributed by atoms with Crippen molar-refractivity contribution in [2.45, 2.75) is 40.5 Å². The van der Waals surface area contributed by atoms with Gasteiger partial charge in [0.15, 0.2) is 17.5 Å². The van der Waals surface area contributed by atoms with Crippen molar-refractivity contribution in [2.24, 2.45) is 10.9 Å². The average Bonchev–Trinajstić information content (AvgIpc) is 2.81. The molecule has 0 saturated carbocycles. The van der Waals surface area contributed by atoms with Crippen LogP contribution >= 0.6 is 24.0 Å². The van der Waals surface area contributed by atoms with Crippen LogP contribution in [0.3, 0.4) is 0 Å². The SMILES string of the molecule is CCNC(=NCC(C)CN1CCN(CC)CC1)NCCCc1ccc(OC)c(OCC)c1.I. The van der Waals surface area contributed by atoms with Crippen molar-refractivity contribution >= 4 is 29.9 Å². The molecule has 8 heteroatoms. The third-order valence-corrected chi connectivity index (χ3v) is 5.85. The van der Waals surface area contributed by atoms with Gasteiger partial charge >= 0.3 is 0 Å². The van der Waals surface area contributed by atoms with E-state index in [0.717, 1.165) is 63.0 Å². The molecule has 1 atom stereocenters. The summed E-state index contributed by atoms with van der Waals surface area (Å²) in [7, 11) is 1.68. The molecule has 1 aromatic rings. The molecule has 0 aliphatic carbocycles. The van der Waals surface area contributed by atoms with E-state index in [2.05, 4.69) is 53.3 Å². The highest BCUT2D eigenvalue weighted by Gasteiger charge is 2.17. The molecule has 2 rings (SSSR count). The Hall–Kier alpha value is -1.26. The van der Waals surface area contributed by atoms with Gasteiger partial charge in [0, 0.05) is 52.4 Å². The minimum absolute atomic E-state index is 0. The molecule has 2 N–H and O–H groups in total. The topological polar surface area (TPSA) is 61.4 Å². The van der Waals surface area contributed by atoms with E-state index in [-0.39, 0.29) is 24.0 Å². The number of likely N-dealkylation sites (N-methyl/N-ethyl adjacent to an activating group) is 1. The number of nitrogens with one attached hydrogen (secondary N) is 2. The third-order valence-electron chi connectivity index (χ3n) is 5.85. The summed E-state index contributed by atoms with van der Waals surface area (Å²) in [6.07, 6.45) is 2.01. The lowest BCUT2D eigenvalue weighted by Gasteiger charge is -2.35. The van der Waals surface area contributed by atoms with Crippen LogP contribution in [-0.4, -0.2) is 88.4 Å². The fraction of sp³-hybridized carbons (Fsp3) is 0.720. The number of aryl methyl sites for hydroxylation is 1. The quantitative estimate of drug-likeness (QED) is 0.163. The normalized spacial score (nSPS) is 16.1. The highest BCUT2D eigenvalue weighted by molar-refractivity contribution is 14.0. The third kappa shape index (κ3) is 11.1. The lowest BCUT2D eigenvalue weighted by Crippen LogP contribution is -2.47. The Morgan fingerprint density at radius 3 is 2.42 bits per heavy atom. The predicted molar refractivity (Wildman–Crippen MR) is 150 cm³/mol. The molecule has 1 aliphatic heterocycles. The van der Waals surface area contributed by atoms with Crippen LogP contribution in [0.2, 0.25) is 0 Å². The van der Waals surface area contributed by atoms with Crippen LogP contribution in [-0.2, 0) is 6.42 Å². The number of rotatable bonds is 13. The largest absolute Gasteiger partial charge is 0.493 e. The predicted octanol–water partition coefficient (Wildman–Crippen LogP) is 3.47. The van der Waals surface area contributed by atoms with Crippen molar-refractivity contribution in [3.63, 3.8) is 0 Å². The number of hydrogen-bond acceptors (Lipinski definition) is 5. The van der Waals surface area contributed by atoms with Crippen molar-refractivity contribution < 1.29 is 9.47 Å². The van der Waals surface area contributed by atoms with Gasteiger partial charge in [0.05, 0.1) is 13.7 Å². The first kappa shape index (κ1) is 29.8. The number of benzene rings is 1. The van der Waals surface area contributed by atoms with E-state index < -0.39 is 0 Å². The highest BCUT2D eigenvalue weighted by atomic mass is 127. The first-order chi connectivity index (χ1) is 15.6. The Morgan fingerprint density at radius 2 is 1.79 bits per heavy atom. The second kappa shape index (κ2) is 17.2. The van der Waals surface area contributed by atoms with Gasteiger partial charge in [-0.3, -0.25) is 4.99 Å². The van der Waals surface area contributed by atoms with Crippen LogP contribution in [0.5, 0.6) is 11.5 Å².